The largest absolute Gasteiger partial charge is 0.335 e. The third kappa shape index (κ3) is 2.54. The molecule has 1 spiro atoms. The van der Waals surface area contributed by atoms with Gasteiger partial charge in [-0.2, -0.15) is 0 Å². The van der Waals surface area contributed by atoms with Crippen molar-refractivity contribution in [2.75, 3.05) is 31.1 Å². The number of ether oxygens (including phenoxy) is 1. The van der Waals surface area contributed by atoms with Gasteiger partial charge >= 0.3 is 0 Å². The fraction of sp³-hybridized carbons (Fsp3) is 0.450. The summed E-state index contributed by atoms with van der Waals surface area (Å²) in [6.45, 7) is 4.27. The number of nitrogens with two attached hydrogens (primary N) is 1. The van der Waals surface area contributed by atoms with Crippen LogP contribution in [0.4, 0.5) is 5.69 Å². The molecule has 25 heavy (non-hydrogen) atoms. The number of aromatic nitrogens is 1. The van der Waals surface area contributed by atoms with Crippen LogP contribution in [0.1, 0.15) is 12.8 Å². The van der Waals surface area contributed by atoms with Gasteiger partial charge in [0.1, 0.15) is 5.60 Å². The second-order valence-electron chi connectivity index (χ2n) is 7.55. The van der Waals surface area contributed by atoms with E-state index in [1.54, 1.807) is 0 Å². The summed E-state index contributed by atoms with van der Waals surface area (Å²) in [6.07, 6.45) is 5.86. The van der Waals surface area contributed by atoms with Gasteiger partial charge in [-0.15, -0.1) is 0 Å². The summed E-state index contributed by atoms with van der Waals surface area (Å²) in [7, 11) is 0. The summed E-state index contributed by atoms with van der Waals surface area (Å²) in [6, 6.07) is 12.5. The molecule has 0 amide bonds. The van der Waals surface area contributed by atoms with Gasteiger partial charge in [0.25, 0.3) is 0 Å². The number of fused-ring (bicyclic) bond motifs is 2. The van der Waals surface area contributed by atoms with Crippen LogP contribution in [0.2, 0.25) is 0 Å². The number of anilines is 1. The van der Waals surface area contributed by atoms with Crippen LogP contribution in [0.15, 0.2) is 48.8 Å². The zero-order valence-electron chi connectivity index (χ0n) is 14.3. The molecule has 2 N–H and O–H groups in total. The van der Waals surface area contributed by atoms with Crippen molar-refractivity contribution in [3.05, 3.63) is 48.8 Å². The van der Waals surface area contributed by atoms with Crippen LogP contribution in [-0.4, -0.2) is 48.0 Å². The molecule has 0 radical (unpaired) electrons. The molecule has 1 aromatic carbocycles. The van der Waals surface area contributed by atoms with E-state index in [9.17, 15) is 0 Å². The van der Waals surface area contributed by atoms with Crippen molar-refractivity contribution in [1.29, 1.82) is 0 Å². The third-order valence-electron chi connectivity index (χ3n) is 6.09. The van der Waals surface area contributed by atoms with E-state index in [2.05, 4.69) is 45.1 Å². The lowest BCUT2D eigenvalue weighted by atomic mass is 9.75. The molecule has 2 aromatic rings. The Labute approximate surface area is 148 Å². The predicted molar refractivity (Wildman–Crippen MR) is 98.0 cm³/mol. The molecule has 4 saturated heterocycles. The van der Waals surface area contributed by atoms with E-state index in [1.165, 1.54) is 31.5 Å². The van der Waals surface area contributed by atoms with Gasteiger partial charge in [-0.1, -0.05) is 30.3 Å². The van der Waals surface area contributed by atoms with Gasteiger partial charge in [-0.3, -0.25) is 10.7 Å². The van der Waals surface area contributed by atoms with E-state index < -0.39 is 6.35 Å². The normalized spacial score (nSPS) is 34.0. The van der Waals surface area contributed by atoms with E-state index in [0.717, 1.165) is 24.3 Å². The highest BCUT2D eigenvalue weighted by Gasteiger charge is 2.54. The molecule has 4 aliphatic heterocycles. The van der Waals surface area contributed by atoms with Crippen molar-refractivity contribution in [2.24, 2.45) is 11.7 Å². The number of nitrogens with zero attached hydrogens (tertiary/aromatic N) is 3. The van der Waals surface area contributed by atoms with Crippen LogP contribution < -0.4 is 10.6 Å². The molecular formula is C20H24N4O. The predicted octanol–water partition coefficient (Wildman–Crippen LogP) is 2.29. The first-order valence-corrected chi connectivity index (χ1v) is 9.16. The fourth-order valence-corrected chi connectivity index (χ4v) is 4.77. The first kappa shape index (κ1) is 15.3. The highest BCUT2D eigenvalue weighted by molar-refractivity contribution is 5.67. The first-order valence-electron chi connectivity index (χ1n) is 9.16. The van der Waals surface area contributed by atoms with Crippen molar-refractivity contribution < 1.29 is 4.74 Å². The zero-order valence-corrected chi connectivity index (χ0v) is 14.3. The molecule has 2 unspecified atom stereocenters. The molecule has 2 bridgehead atoms. The molecule has 5 nitrogen and oxygen atoms in total. The molecule has 130 valence electrons. The third-order valence-corrected chi connectivity index (χ3v) is 6.09. The van der Waals surface area contributed by atoms with Crippen molar-refractivity contribution in [3.63, 3.8) is 0 Å². The van der Waals surface area contributed by atoms with Crippen LogP contribution in [0.3, 0.4) is 0 Å². The molecule has 5 heterocycles. The van der Waals surface area contributed by atoms with Crippen LogP contribution in [-0.2, 0) is 4.74 Å². The van der Waals surface area contributed by atoms with E-state index in [4.69, 9.17) is 10.5 Å². The van der Waals surface area contributed by atoms with Crippen molar-refractivity contribution in [3.8, 4) is 11.1 Å². The van der Waals surface area contributed by atoms with E-state index >= 15 is 0 Å². The first-order chi connectivity index (χ1) is 12.2. The number of hydrogen-bond donors (Lipinski definition) is 1. The molecule has 5 heteroatoms. The van der Waals surface area contributed by atoms with Gasteiger partial charge in [-0.05, 0) is 43.5 Å². The average molecular weight is 336 g/mol. The van der Waals surface area contributed by atoms with E-state index in [1.807, 2.05) is 18.5 Å². The van der Waals surface area contributed by atoms with Gasteiger partial charge in [0, 0.05) is 18.3 Å². The lowest BCUT2D eigenvalue weighted by Gasteiger charge is -2.50. The summed E-state index contributed by atoms with van der Waals surface area (Å²) >= 11 is 0. The monoisotopic (exact) mass is 336 g/mol. The summed E-state index contributed by atoms with van der Waals surface area (Å²) in [5.74, 6) is 0.624. The van der Waals surface area contributed by atoms with Crippen LogP contribution in [0.25, 0.3) is 11.1 Å². The Morgan fingerprint density at radius 1 is 1.04 bits per heavy atom. The van der Waals surface area contributed by atoms with Gasteiger partial charge < -0.3 is 14.5 Å². The molecule has 0 saturated carbocycles. The summed E-state index contributed by atoms with van der Waals surface area (Å²) in [5, 5.41) is 0. The maximum absolute atomic E-state index is 6.39. The molecule has 1 aromatic heterocycles. The summed E-state index contributed by atoms with van der Waals surface area (Å²) < 4.78 is 6.37. The number of rotatable bonds is 2. The number of hydrogen-bond acceptors (Lipinski definition) is 5. The van der Waals surface area contributed by atoms with Gasteiger partial charge in [0.15, 0.2) is 6.35 Å². The smallest absolute Gasteiger partial charge is 0.185 e. The van der Waals surface area contributed by atoms with Gasteiger partial charge in [0.2, 0.25) is 0 Å². The highest BCUT2D eigenvalue weighted by atomic mass is 16.6. The van der Waals surface area contributed by atoms with Crippen molar-refractivity contribution in [1.82, 2.24) is 9.88 Å². The Hall–Kier alpha value is -1.95. The SMILES string of the molecule is NC1OC2(CN3CCC2CC3)CN1c1cncc(-c2ccccc2)c1. The highest BCUT2D eigenvalue weighted by Crippen LogP contribution is 2.43. The second-order valence-corrected chi connectivity index (χ2v) is 7.55. The Balaban J connectivity index is 1.44. The lowest BCUT2D eigenvalue weighted by Crippen LogP contribution is -2.61. The fourth-order valence-electron chi connectivity index (χ4n) is 4.77. The van der Waals surface area contributed by atoms with Gasteiger partial charge in [0.05, 0.1) is 18.4 Å². The average Bonchev–Trinajstić information content (AvgIpc) is 2.99. The van der Waals surface area contributed by atoms with Gasteiger partial charge in [-0.25, -0.2) is 0 Å². The minimum atomic E-state index is -0.395. The quantitative estimate of drug-likeness (QED) is 0.912. The minimum absolute atomic E-state index is 0.112. The standard InChI is InChI=1S/C20H24N4O/c21-19-24(14-20(25-19)13-23-8-6-17(20)7-9-23)18-10-16(11-22-12-18)15-4-2-1-3-5-15/h1-5,10-12,17,19H,6-9,13-14,21H2. The van der Waals surface area contributed by atoms with E-state index in [0.29, 0.717) is 5.92 Å². The molecule has 2 atom stereocenters. The van der Waals surface area contributed by atoms with Crippen LogP contribution in [0, 0.1) is 5.92 Å². The molecular weight excluding hydrogens is 312 g/mol. The number of piperidine rings is 3. The Morgan fingerprint density at radius 3 is 2.56 bits per heavy atom. The summed E-state index contributed by atoms with van der Waals surface area (Å²) in [4.78, 5) is 9.16. The lowest BCUT2D eigenvalue weighted by molar-refractivity contribution is -0.137. The molecule has 0 aliphatic carbocycles. The number of benzene rings is 1. The molecule has 4 fully saturated rings. The van der Waals surface area contributed by atoms with Crippen molar-refractivity contribution >= 4 is 5.69 Å². The van der Waals surface area contributed by atoms with Crippen LogP contribution in [0.5, 0.6) is 0 Å². The Morgan fingerprint density at radius 2 is 1.84 bits per heavy atom. The second kappa shape index (κ2) is 5.80. The zero-order chi connectivity index (χ0) is 16.9. The maximum Gasteiger partial charge on any atom is 0.185 e. The minimum Gasteiger partial charge on any atom is -0.335 e. The van der Waals surface area contributed by atoms with Crippen molar-refractivity contribution in [2.45, 2.75) is 24.8 Å². The topological polar surface area (TPSA) is 54.6 Å². The summed E-state index contributed by atoms with van der Waals surface area (Å²) in [5.41, 5.74) is 9.61. The number of pyridine rings is 1. The van der Waals surface area contributed by atoms with E-state index in [-0.39, 0.29) is 5.60 Å². The molecule has 4 aliphatic rings. The Bertz CT molecular complexity index is 759. The maximum atomic E-state index is 6.39. The molecule has 6 rings (SSSR count). The Kier molecular flexibility index (Phi) is 3.55. The van der Waals surface area contributed by atoms with Crippen LogP contribution >= 0.6 is 0 Å².